The fourth-order valence-corrected chi connectivity index (χ4v) is 4.53. The highest BCUT2D eigenvalue weighted by Crippen LogP contribution is 2.47. The highest BCUT2D eigenvalue weighted by Gasteiger charge is 2.45. The molecule has 2 aliphatic rings. The minimum atomic E-state index is -3.44. The summed E-state index contributed by atoms with van der Waals surface area (Å²) in [4.78, 5) is 0. The second-order valence-electron chi connectivity index (χ2n) is 6.01. The maximum absolute atomic E-state index is 11.3. The summed E-state index contributed by atoms with van der Waals surface area (Å²) in [6.45, 7) is 2.94. The third kappa shape index (κ3) is 3.25. The number of ether oxygens (including phenoxy) is 1. The summed E-state index contributed by atoms with van der Waals surface area (Å²) in [5, 5.41) is 5.19. The summed E-state index contributed by atoms with van der Waals surface area (Å²) >= 11 is 0. The van der Waals surface area contributed by atoms with Crippen LogP contribution in [0.1, 0.15) is 51.9 Å². The van der Waals surface area contributed by atoms with Gasteiger partial charge < -0.3 is 4.74 Å². The fourth-order valence-electron chi connectivity index (χ4n) is 3.66. The van der Waals surface area contributed by atoms with Crippen molar-refractivity contribution in [2.45, 2.75) is 58.0 Å². The lowest BCUT2D eigenvalue weighted by atomic mass is 9.75. The molecule has 1 heterocycles. The first-order valence-corrected chi connectivity index (χ1v) is 8.79. The minimum Gasteiger partial charge on any atom is -0.377 e. The second kappa shape index (κ2) is 5.47. The zero-order chi connectivity index (χ0) is 13.2. The summed E-state index contributed by atoms with van der Waals surface area (Å²) in [5.74, 6) is 0.796. The van der Waals surface area contributed by atoms with E-state index < -0.39 is 10.0 Å². The molecule has 1 saturated heterocycles. The lowest BCUT2D eigenvalue weighted by molar-refractivity contribution is 0.0569. The predicted octanol–water partition coefficient (Wildman–Crippen LogP) is 2.04. The van der Waals surface area contributed by atoms with E-state index in [1.54, 1.807) is 0 Å². The highest BCUT2D eigenvalue weighted by molar-refractivity contribution is 7.89. The number of hydrogen-bond acceptors (Lipinski definition) is 3. The largest absolute Gasteiger partial charge is 0.377 e. The summed E-state index contributed by atoms with van der Waals surface area (Å²) in [7, 11) is -3.44. The Morgan fingerprint density at radius 3 is 2.72 bits per heavy atom. The van der Waals surface area contributed by atoms with Crippen LogP contribution in [0.2, 0.25) is 0 Å². The average Bonchev–Trinajstić information content (AvgIpc) is 2.53. The van der Waals surface area contributed by atoms with Crippen molar-refractivity contribution in [1.29, 1.82) is 0 Å². The van der Waals surface area contributed by atoms with E-state index in [-0.39, 0.29) is 17.3 Å². The predicted molar refractivity (Wildman–Crippen MR) is 71.6 cm³/mol. The summed E-state index contributed by atoms with van der Waals surface area (Å²) in [6.07, 6.45) is 7.95. The van der Waals surface area contributed by atoms with Gasteiger partial charge in [0.2, 0.25) is 10.0 Å². The number of nitrogens with two attached hydrogens (primary N) is 1. The zero-order valence-electron chi connectivity index (χ0n) is 11.2. The maximum Gasteiger partial charge on any atom is 0.211 e. The van der Waals surface area contributed by atoms with Crippen LogP contribution in [0.25, 0.3) is 0 Å². The van der Waals surface area contributed by atoms with Crippen molar-refractivity contribution in [2.24, 2.45) is 16.5 Å². The molecule has 3 atom stereocenters. The Morgan fingerprint density at radius 2 is 2.06 bits per heavy atom. The molecule has 1 saturated carbocycles. The van der Waals surface area contributed by atoms with E-state index in [9.17, 15) is 8.42 Å². The zero-order valence-corrected chi connectivity index (χ0v) is 12.0. The van der Waals surface area contributed by atoms with Crippen molar-refractivity contribution >= 4 is 10.0 Å². The number of rotatable bonds is 3. The van der Waals surface area contributed by atoms with Crippen molar-refractivity contribution in [3.05, 3.63) is 0 Å². The van der Waals surface area contributed by atoms with Crippen LogP contribution in [0, 0.1) is 11.3 Å². The first-order chi connectivity index (χ1) is 8.45. The van der Waals surface area contributed by atoms with Gasteiger partial charge in [-0.1, -0.05) is 26.2 Å². The summed E-state index contributed by atoms with van der Waals surface area (Å²) in [6, 6.07) is 0. The molecule has 1 aliphatic heterocycles. The van der Waals surface area contributed by atoms with E-state index in [0.29, 0.717) is 6.61 Å². The van der Waals surface area contributed by atoms with Gasteiger partial charge in [-0.15, -0.1) is 0 Å². The molecule has 3 unspecified atom stereocenters. The van der Waals surface area contributed by atoms with E-state index in [1.807, 2.05) is 0 Å². The molecular weight excluding hydrogens is 250 g/mol. The normalized spacial score (nSPS) is 37.9. The molecule has 0 amide bonds. The Kier molecular flexibility index (Phi) is 4.34. The van der Waals surface area contributed by atoms with Crippen molar-refractivity contribution in [2.75, 3.05) is 12.4 Å². The second-order valence-corrected chi connectivity index (χ2v) is 7.67. The van der Waals surface area contributed by atoms with Crippen LogP contribution < -0.4 is 5.14 Å². The van der Waals surface area contributed by atoms with Gasteiger partial charge in [0.15, 0.2) is 0 Å². The fraction of sp³-hybridized carbons (Fsp3) is 1.00. The van der Waals surface area contributed by atoms with Gasteiger partial charge in [0.1, 0.15) is 0 Å². The Balaban J connectivity index is 2.08. The van der Waals surface area contributed by atoms with Crippen LogP contribution in [0.4, 0.5) is 0 Å². The molecule has 0 bridgehead atoms. The van der Waals surface area contributed by atoms with Gasteiger partial charge in [0, 0.05) is 6.61 Å². The minimum absolute atomic E-state index is 0.0101. The Bertz CT molecular complexity index is 382. The standard InChI is InChI=1S/C13H25NO3S/c1-2-11-4-3-6-13(7-5-11)8-9-17-12(13)10-18(14,15)16/h11-12H,2-10H2,1H3,(H2,14,15,16). The third-order valence-electron chi connectivity index (χ3n) is 4.90. The van der Waals surface area contributed by atoms with Crippen LogP contribution in [0.5, 0.6) is 0 Å². The van der Waals surface area contributed by atoms with Crippen LogP contribution >= 0.6 is 0 Å². The summed E-state index contributed by atoms with van der Waals surface area (Å²) in [5.41, 5.74) is 0.0797. The molecular formula is C13H25NO3S. The number of sulfonamides is 1. The molecule has 1 aliphatic carbocycles. The van der Waals surface area contributed by atoms with E-state index in [2.05, 4.69) is 6.92 Å². The van der Waals surface area contributed by atoms with Crippen LogP contribution in [-0.2, 0) is 14.8 Å². The van der Waals surface area contributed by atoms with Gasteiger partial charge in [-0.25, -0.2) is 13.6 Å². The molecule has 0 aromatic rings. The van der Waals surface area contributed by atoms with Gasteiger partial charge in [0.05, 0.1) is 11.9 Å². The molecule has 0 aromatic carbocycles. The lowest BCUT2D eigenvalue weighted by Gasteiger charge is -2.32. The Labute approximate surface area is 110 Å². The maximum atomic E-state index is 11.3. The Hall–Kier alpha value is -0.130. The van der Waals surface area contributed by atoms with E-state index in [0.717, 1.165) is 25.2 Å². The summed E-state index contributed by atoms with van der Waals surface area (Å²) < 4.78 is 28.3. The Morgan fingerprint density at radius 1 is 1.28 bits per heavy atom. The first kappa shape index (κ1) is 14.3. The average molecular weight is 275 g/mol. The SMILES string of the molecule is CCC1CCCC2(CCOC2CS(N)(=O)=O)CC1. The van der Waals surface area contributed by atoms with E-state index >= 15 is 0 Å². The number of hydrogen-bond donors (Lipinski definition) is 1. The molecule has 0 radical (unpaired) electrons. The molecule has 106 valence electrons. The quantitative estimate of drug-likeness (QED) is 0.857. The van der Waals surface area contributed by atoms with Gasteiger partial charge in [-0.05, 0) is 37.0 Å². The molecule has 1 spiro atoms. The van der Waals surface area contributed by atoms with E-state index in [4.69, 9.17) is 9.88 Å². The van der Waals surface area contributed by atoms with Gasteiger partial charge in [-0.2, -0.15) is 0 Å². The van der Waals surface area contributed by atoms with Crippen LogP contribution in [0.15, 0.2) is 0 Å². The first-order valence-electron chi connectivity index (χ1n) is 7.07. The van der Waals surface area contributed by atoms with Gasteiger partial charge >= 0.3 is 0 Å². The van der Waals surface area contributed by atoms with E-state index in [1.165, 1.54) is 25.7 Å². The topological polar surface area (TPSA) is 69.4 Å². The lowest BCUT2D eigenvalue weighted by Crippen LogP contribution is -2.38. The van der Waals surface area contributed by atoms with Gasteiger partial charge in [0.25, 0.3) is 0 Å². The van der Waals surface area contributed by atoms with Crippen molar-refractivity contribution in [3.8, 4) is 0 Å². The highest BCUT2D eigenvalue weighted by atomic mass is 32.2. The van der Waals surface area contributed by atoms with Crippen molar-refractivity contribution in [3.63, 3.8) is 0 Å². The molecule has 18 heavy (non-hydrogen) atoms. The molecule has 0 aromatic heterocycles. The molecule has 5 heteroatoms. The smallest absolute Gasteiger partial charge is 0.211 e. The molecule has 2 rings (SSSR count). The monoisotopic (exact) mass is 275 g/mol. The van der Waals surface area contributed by atoms with Gasteiger partial charge in [-0.3, -0.25) is 0 Å². The molecule has 2 fully saturated rings. The van der Waals surface area contributed by atoms with Crippen LogP contribution in [-0.4, -0.2) is 26.9 Å². The molecule has 2 N–H and O–H groups in total. The van der Waals surface area contributed by atoms with Crippen molar-refractivity contribution in [1.82, 2.24) is 0 Å². The molecule has 4 nitrogen and oxygen atoms in total. The van der Waals surface area contributed by atoms with Crippen molar-refractivity contribution < 1.29 is 13.2 Å². The number of primary sulfonamides is 1. The third-order valence-corrected chi connectivity index (χ3v) is 5.67. The van der Waals surface area contributed by atoms with Crippen LogP contribution in [0.3, 0.4) is 0 Å².